The number of Topliss-reactive ketones (excluding diaryl/α,β-unsaturated/α-hetero) is 1. The number of aromatic nitrogens is 3. The van der Waals surface area contributed by atoms with Gasteiger partial charge in [0.05, 0.1) is 6.61 Å². The van der Waals surface area contributed by atoms with Crippen LogP contribution in [0.1, 0.15) is 78.6 Å². The zero-order chi connectivity index (χ0) is 25.9. The third kappa shape index (κ3) is 3.97. The Balaban J connectivity index is 1.22. The van der Waals surface area contributed by atoms with E-state index >= 15 is 0 Å². The van der Waals surface area contributed by atoms with E-state index in [4.69, 9.17) is 4.74 Å². The number of hydrogen-bond acceptors (Lipinski definition) is 4. The van der Waals surface area contributed by atoms with Crippen molar-refractivity contribution in [1.82, 2.24) is 15.0 Å². The number of hydrogen-bond donors (Lipinski definition) is 0. The van der Waals surface area contributed by atoms with Crippen LogP contribution in [0.4, 0.5) is 8.78 Å². The highest BCUT2D eigenvalue weighted by atomic mass is 19.2. The second kappa shape index (κ2) is 9.39. The van der Waals surface area contributed by atoms with Crippen LogP contribution in [-0.2, 0) is 16.1 Å². The van der Waals surface area contributed by atoms with E-state index in [-0.39, 0.29) is 34.7 Å². The zero-order valence-electron chi connectivity index (χ0n) is 22.5. The molecule has 6 rings (SSSR count). The summed E-state index contributed by atoms with van der Waals surface area (Å²) >= 11 is 0. The van der Waals surface area contributed by atoms with Crippen LogP contribution in [-0.4, -0.2) is 34.0 Å². The highest BCUT2D eigenvalue weighted by Crippen LogP contribution is 2.68. The monoisotopic (exact) mass is 513 g/mol. The Morgan fingerprint density at radius 3 is 2.73 bits per heavy atom. The number of benzene rings is 1. The lowest BCUT2D eigenvalue weighted by Crippen LogP contribution is -2.56. The van der Waals surface area contributed by atoms with Gasteiger partial charge in [0.2, 0.25) is 0 Å². The van der Waals surface area contributed by atoms with Gasteiger partial charge in [-0.1, -0.05) is 20.3 Å². The van der Waals surface area contributed by atoms with Crippen molar-refractivity contribution in [2.75, 3.05) is 13.2 Å². The van der Waals surface area contributed by atoms with Crippen molar-refractivity contribution >= 4 is 16.8 Å². The molecule has 0 radical (unpaired) electrons. The Bertz CT molecular complexity index is 1180. The SMILES string of the molecule is CCOCC12CC[C@H](C)CC1CCC1C3CCC(C(=O)Cn4nc5ccc(F)c(F)c5n4)C3(C)CCC12. The first-order valence-electron chi connectivity index (χ1n) is 14.6. The van der Waals surface area contributed by atoms with Crippen molar-refractivity contribution in [1.29, 1.82) is 0 Å². The van der Waals surface area contributed by atoms with Crippen LogP contribution in [0.15, 0.2) is 12.1 Å². The van der Waals surface area contributed by atoms with Crippen LogP contribution in [0, 0.1) is 58.0 Å². The van der Waals surface area contributed by atoms with Gasteiger partial charge < -0.3 is 4.74 Å². The van der Waals surface area contributed by atoms with Crippen LogP contribution in [0.5, 0.6) is 0 Å². The van der Waals surface area contributed by atoms with Gasteiger partial charge >= 0.3 is 0 Å². The molecule has 5 nitrogen and oxygen atoms in total. The van der Waals surface area contributed by atoms with Crippen molar-refractivity contribution in [2.45, 2.75) is 85.1 Å². The van der Waals surface area contributed by atoms with E-state index in [1.54, 1.807) is 0 Å². The molecular formula is C30H41F2N3O2. The quantitative estimate of drug-likeness (QED) is 0.437. The molecule has 0 spiro atoms. The summed E-state index contributed by atoms with van der Waals surface area (Å²) in [4.78, 5) is 14.9. The molecule has 4 fully saturated rings. The van der Waals surface area contributed by atoms with Gasteiger partial charge in [0.1, 0.15) is 12.1 Å². The number of halogens is 2. The van der Waals surface area contributed by atoms with E-state index in [9.17, 15) is 13.6 Å². The molecule has 0 bridgehead atoms. The maximum Gasteiger partial charge on any atom is 0.188 e. The molecule has 7 unspecified atom stereocenters. The molecule has 4 aliphatic carbocycles. The minimum atomic E-state index is -1.00. The Labute approximate surface area is 218 Å². The number of ether oxygens (including phenoxy) is 1. The summed E-state index contributed by atoms with van der Waals surface area (Å²) < 4.78 is 34.0. The second-order valence-corrected chi connectivity index (χ2v) is 13.0. The molecule has 37 heavy (non-hydrogen) atoms. The number of rotatable bonds is 6. The number of nitrogens with zero attached hydrogens (tertiary/aromatic N) is 3. The van der Waals surface area contributed by atoms with Gasteiger partial charge in [-0.2, -0.15) is 9.90 Å². The van der Waals surface area contributed by atoms with Gasteiger partial charge in [-0.25, -0.2) is 8.78 Å². The van der Waals surface area contributed by atoms with Gasteiger partial charge in [0, 0.05) is 12.5 Å². The first-order valence-corrected chi connectivity index (χ1v) is 14.6. The normalized spacial score (nSPS) is 39.3. The molecule has 8 atom stereocenters. The fraction of sp³-hybridized carbons (Fsp3) is 0.767. The van der Waals surface area contributed by atoms with Crippen molar-refractivity contribution in [3.63, 3.8) is 0 Å². The Hall–Kier alpha value is -1.89. The lowest BCUT2D eigenvalue weighted by molar-refractivity contribution is -0.158. The zero-order valence-corrected chi connectivity index (χ0v) is 22.5. The molecule has 0 saturated heterocycles. The smallest absolute Gasteiger partial charge is 0.188 e. The maximum absolute atomic E-state index is 14.2. The summed E-state index contributed by atoms with van der Waals surface area (Å²) in [6, 6.07) is 2.47. The maximum atomic E-state index is 14.2. The first kappa shape index (κ1) is 25.4. The van der Waals surface area contributed by atoms with Gasteiger partial charge in [-0.05, 0) is 111 Å². The largest absolute Gasteiger partial charge is 0.381 e. The Kier molecular flexibility index (Phi) is 6.44. The van der Waals surface area contributed by atoms with E-state index in [0.717, 1.165) is 50.4 Å². The van der Waals surface area contributed by atoms with Crippen molar-refractivity contribution in [3.8, 4) is 0 Å². The average Bonchev–Trinajstić information content (AvgIpc) is 3.45. The van der Waals surface area contributed by atoms with E-state index in [1.165, 1.54) is 49.4 Å². The van der Waals surface area contributed by atoms with Crippen molar-refractivity contribution < 1.29 is 18.3 Å². The summed E-state index contributed by atoms with van der Waals surface area (Å²) in [5.41, 5.74) is 0.472. The predicted octanol–water partition coefficient (Wildman–Crippen LogP) is 6.59. The highest BCUT2D eigenvalue weighted by Gasteiger charge is 2.62. The highest BCUT2D eigenvalue weighted by molar-refractivity contribution is 5.82. The fourth-order valence-electron chi connectivity index (χ4n) is 9.65. The van der Waals surface area contributed by atoms with Crippen LogP contribution in [0.3, 0.4) is 0 Å². The molecule has 1 heterocycles. The minimum absolute atomic E-state index is 0.0101. The van der Waals surface area contributed by atoms with Gasteiger partial charge in [-0.15, -0.1) is 5.10 Å². The van der Waals surface area contributed by atoms with Crippen LogP contribution in [0.25, 0.3) is 11.0 Å². The Morgan fingerprint density at radius 2 is 1.92 bits per heavy atom. The molecular weight excluding hydrogens is 472 g/mol. The predicted molar refractivity (Wildman–Crippen MR) is 138 cm³/mol. The molecule has 1 aromatic heterocycles. The summed E-state index contributed by atoms with van der Waals surface area (Å²) in [6.07, 6.45) is 10.8. The molecule has 4 aliphatic rings. The molecule has 0 amide bonds. The molecule has 0 aliphatic heterocycles. The summed E-state index contributed by atoms with van der Waals surface area (Å²) in [5, 5.41) is 8.39. The first-order chi connectivity index (χ1) is 17.8. The summed E-state index contributed by atoms with van der Waals surface area (Å²) in [7, 11) is 0. The van der Waals surface area contributed by atoms with Gasteiger partial charge in [0.25, 0.3) is 0 Å². The van der Waals surface area contributed by atoms with E-state index < -0.39 is 11.6 Å². The molecule has 4 saturated carbocycles. The number of carbonyl (C=O) groups excluding carboxylic acids is 1. The number of ketones is 1. The van der Waals surface area contributed by atoms with Gasteiger partial charge in [-0.3, -0.25) is 4.79 Å². The van der Waals surface area contributed by atoms with Crippen LogP contribution >= 0.6 is 0 Å². The molecule has 1 aromatic carbocycles. The van der Waals surface area contributed by atoms with Crippen molar-refractivity contribution in [2.24, 2.45) is 46.3 Å². The third-order valence-electron chi connectivity index (χ3n) is 11.4. The fourth-order valence-corrected chi connectivity index (χ4v) is 9.65. The molecule has 202 valence electrons. The summed E-state index contributed by atoms with van der Waals surface area (Å²) in [6.45, 7) is 8.60. The van der Waals surface area contributed by atoms with Crippen LogP contribution < -0.4 is 0 Å². The topological polar surface area (TPSA) is 57.0 Å². The number of fused-ring (bicyclic) bond motifs is 6. The average molecular weight is 514 g/mol. The lowest BCUT2D eigenvalue weighted by Gasteiger charge is -2.62. The summed E-state index contributed by atoms with van der Waals surface area (Å²) in [5.74, 6) is 1.69. The number of carbonyl (C=O) groups is 1. The molecule has 2 aromatic rings. The second-order valence-electron chi connectivity index (χ2n) is 13.0. The van der Waals surface area contributed by atoms with E-state index in [1.807, 2.05) is 0 Å². The molecule has 0 N–H and O–H groups in total. The standard InChI is InChI=1S/C30H41F2N3O2/c1-4-37-17-30-14-11-18(2)15-19(30)5-6-20-21-7-8-23(29(21,3)13-12-22(20)30)26(36)16-35-33-25-10-9-24(31)27(32)28(25)34-35/h9-10,18-23H,4-8,11-17H2,1-3H3/t18-,19?,20?,21?,22?,23?,29?,30?/m0/s1. The van der Waals surface area contributed by atoms with Crippen LogP contribution in [0.2, 0.25) is 0 Å². The lowest BCUT2D eigenvalue weighted by atomic mass is 9.44. The van der Waals surface area contributed by atoms with E-state index in [2.05, 4.69) is 31.0 Å². The third-order valence-corrected chi connectivity index (χ3v) is 11.4. The van der Waals surface area contributed by atoms with E-state index in [0.29, 0.717) is 23.2 Å². The minimum Gasteiger partial charge on any atom is -0.381 e. The molecule has 7 heteroatoms. The van der Waals surface area contributed by atoms with Crippen molar-refractivity contribution in [3.05, 3.63) is 23.8 Å². The Morgan fingerprint density at radius 1 is 1.08 bits per heavy atom. The van der Waals surface area contributed by atoms with Gasteiger partial charge in [0.15, 0.2) is 22.9 Å².